The molecule has 0 bridgehead atoms. The first-order valence-corrected chi connectivity index (χ1v) is 18.5. The quantitative estimate of drug-likeness (QED) is 0.177. The average Bonchev–Trinajstić information content (AvgIpc) is 3.85. The van der Waals surface area contributed by atoms with E-state index in [0.29, 0.717) is 0 Å². The summed E-state index contributed by atoms with van der Waals surface area (Å²) in [6.07, 6.45) is 5.92. The molecule has 0 spiro atoms. The first-order chi connectivity index (χ1) is 25.3. The number of hydrogen-bond acceptors (Lipinski definition) is 1. The van der Waals surface area contributed by atoms with Crippen molar-refractivity contribution in [2.75, 3.05) is 0 Å². The minimum absolute atomic E-state index is 0.289. The predicted octanol–water partition coefficient (Wildman–Crippen LogP) is 11.5. The van der Waals surface area contributed by atoms with E-state index in [2.05, 4.69) is 185 Å². The second-order valence-electron chi connectivity index (χ2n) is 13.7. The number of fused-ring (bicyclic) bond motifs is 9. The Bertz CT molecular complexity index is 3110. The summed E-state index contributed by atoms with van der Waals surface area (Å²) in [5, 5.41) is 9.14. The van der Waals surface area contributed by atoms with Gasteiger partial charge in [-0.05, 0) is 72.1 Å². The molecule has 3 aromatic heterocycles. The van der Waals surface area contributed by atoms with E-state index in [1.165, 1.54) is 91.5 Å². The van der Waals surface area contributed by atoms with Crippen molar-refractivity contribution in [1.82, 2.24) is 9.13 Å². The lowest BCUT2D eigenvalue weighted by molar-refractivity contribution is 0.909. The first kappa shape index (κ1) is 28.7. The molecule has 0 N–H and O–H groups in total. The second kappa shape index (κ2) is 11.2. The van der Waals surface area contributed by atoms with Crippen LogP contribution in [-0.4, -0.2) is 9.13 Å². The van der Waals surface area contributed by atoms with Crippen molar-refractivity contribution < 1.29 is 0 Å². The van der Waals surface area contributed by atoms with Crippen molar-refractivity contribution >= 4 is 76.4 Å². The first-order valence-electron chi connectivity index (χ1n) is 17.7. The van der Waals surface area contributed by atoms with Crippen LogP contribution >= 0.6 is 11.3 Å². The van der Waals surface area contributed by atoms with Crippen LogP contribution in [0, 0.1) is 0 Å². The number of nitrogens with zero attached hydrogens (tertiary/aromatic N) is 2. The van der Waals surface area contributed by atoms with E-state index in [9.17, 15) is 0 Å². The third kappa shape index (κ3) is 4.35. The van der Waals surface area contributed by atoms with Gasteiger partial charge in [0.15, 0.2) is 0 Å². The second-order valence-corrected chi connectivity index (χ2v) is 14.7. The van der Waals surface area contributed by atoms with Crippen LogP contribution in [0.5, 0.6) is 0 Å². The van der Waals surface area contributed by atoms with Crippen LogP contribution in [0.3, 0.4) is 0 Å². The molecule has 1 aliphatic rings. The Morgan fingerprint density at radius 3 is 1.98 bits per heavy atom. The summed E-state index contributed by atoms with van der Waals surface area (Å²) in [6.45, 7) is 0. The molecule has 0 saturated carbocycles. The SMILES string of the molecule is C1=c2c(n(-c3ccccc3)c3ccccc23)=CCC1c1ccc2c(c1)c1ccccc1n2-c1cc(-c2ccccc2)c2sc3ccccc3c2c1. The number of para-hydroxylation sites is 3. The number of thiophene rings is 1. The fourth-order valence-electron chi connectivity index (χ4n) is 8.53. The van der Waals surface area contributed by atoms with E-state index in [0.717, 1.165) is 6.42 Å². The van der Waals surface area contributed by atoms with Gasteiger partial charge < -0.3 is 9.13 Å². The molecule has 3 heteroatoms. The van der Waals surface area contributed by atoms with E-state index in [4.69, 9.17) is 0 Å². The van der Waals surface area contributed by atoms with E-state index < -0.39 is 0 Å². The molecular formula is C48H32N2S. The Balaban J connectivity index is 1.12. The topological polar surface area (TPSA) is 9.86 Å². The monoisotopic (exact) mass is 668 g/mol. The van der Waals surface area contributed by atoms with Gasteiger partial charge in [-0.15, -0.1) is 11.3 Å². The third-order valence-corrected chi connectivity index (χ3v) is 12.0. The van der Waals surface area contributed by atoms with Gasteiger partial charge in [-0.3, -0.25) is 0 Å². The lowest BCUT2D eigenvalue weighted by Crippen LogP contribution is -2.31. The highest BCUT2D eigenvalue weighted by atomic mass is 32.1. The smallest absolute Gasteiger partial charge is 0.0541 e. The number of rotatable bonds is 4. The third-order valence-electron chi connectivity index (χ3n) is 10.8. The highest BCUT2D eigenvalue weighted by molar-refractivity contribution is 7.26. The van der Waals surface area contributed by atoms with Gasteiger partial charge in [-0.25, -0.2) is 0 Å². The van der Waals surface area contributed by atoms with Crippen LogP contribution in [0.15, 0.2) is 164 Å². The van der Waals surface area contributed by atoms with Crippen molar-refractivity contribution in [2.45, 2.75) is 12.3 Å². The van der Waals surface area contributed by atoms with E-state index in [-0.39, 0.29) is 5.92 Å². The Kier molecular flexibility index (Phi) is 6.28. The Hall–Kier alpha value is -6.16. The molecule has 240 valence electrons. The van der Waals surface area contributed by atoms with Crippen LogP contribution < -0.4 is 10.6 Å². The van der Waals surface area contributed by atoms with E-state index in [1.807, 2.05) is 11.3 Å². The molecule has 3 heterocycles. The summed E-state index contributed by atoms with van der Waals surface area (Å²) in [7, 11) is 0. The Morgan fingerprint density at radius 1 is 0.490 bits per heavy atom. The van der Waals surface area contributed by atoms with Crippen LogP contribution in [0.2, 0.25) is 0 Å². The normalized spacial score (nSPS) is 14.3. The van der Waals surface area contributed by atoms with Gasteiger partial charge in [0, 0.05) is 69.8 Å². The molecule has 1 unspecified atom stereocenters. The lowest BCUT2D eigenvalue weighted by atomic mass is 9.90. The Labute approximate surface area is 299 Å². The molecular weight excluding hydrogens is 637 g/mol. The molecule has 1 aliphatic carbocycles. The highest BCUT2D eigenvalue weighted by Gasteiger charge is 2.20. The van der Waals surface area contributed by atoms with Crippen LogP contribution in [0.25, 0.3) is 87.5 Å². The van der Waals surface area contributed by atoms with Crippen LogP contribution in [0.1, 0.15) is 17.9 Å². The van der Waals surface area contributed by atoms with Gasteiger partial charge in [-0.1, -0.05) is 121 Å². The summed E-state index contributed by atoms with van der Waals surface area (Å²) in [5.74, 6) is 0.289. The van der Waals surface area contributed by atoms with Gasteiger partial charge in [0.05, 0.1) is 16.6 Å². The van der Waals surface area contributed by atoms with Gasteiger partial charge in [-0.2, -0.15) is 0 Å². The van der Waals surface area contributed by atoms with Crippen molar-refractivity contribution in [3.63, 3.8) is 0 Å². The zero-order valence-electron chi connectivity index (χ0n) is 27.8. The molecule has 0 saturated heterocycles. The maximum absolute atomic E-state index is 2.51. The highest BCUT2D eigenvalue weighted by Crippen LogP contribution is 2.43. The molecule has 0 aliphatic heterocycles. The molecule has 7 aromatic carbocycles. The van der Waals surface area contributed by atoms with Crippen LogP contribution in [-0.2, 0) is 0 Å². The largest absolute Gasteiger partial charge is 0.310 e. The molecule has 2 nitrogen and oxygen atoms in total. The maximum Gasteiger partial charge on any atom is 0.0541 e. The van der Waals surface area contributed by atoms with Crippen molar-refractivity contribution in [2.24, 2.45) is 0 Å². The Morgan fingerprint density at radius 2 is 1.16 bits per heavy atom. The van der Waals surface area contributed by atoms with Crippen molar-refractivity contribution in [3.05, 3.63) is 180 Å². The van der Waals surface area contributed by atoms with Crippen molar-refractivity contribution in [1.29, 1.82) is 0 Å². The minimum Gasteiger partial charge on any atom is -0.310 e. The molecule has 1 atom stereocenters. The number of benzene rings is 7. The summed E-state index contributed by atoms with van der Waals surface area (Å²) in [4.78, 5) is 0. The van der Waals surface area contributed by atoms with Crippen LogP contribution in [0.4, 0.5) is 0 Å². The molecule has 10 aromatic rings. The van der Waals surface area contributed by atoms with Gasteiger partial charge >= 0.3 is 0 Å². The van der Waals surface area contributed by atoms with E-state index >= 15 is 0 Å². The zero-order chi connectivity index (χ0) is 33.5. The lowest BCUT2D eigenvalue weighted by Gasteiger charge is -2.16. The average molecular weight is 669 g/mol. The fraction of sp³-hybridized carbons (Fsp3) is 0.0417. The van der Waals surface area contributed by atoms with Gasteiger partial charge in [0.1, 0.15) is 0 Å². The standard InChI is InChI=1S/C48H32N2S/c1-3-13-31(14-4-1)39-29-35(30-42-38-19-9-12-22-47(38)51-48(39)42)50-44-21-11-8-18-37(44)41-28-33(24-26-46(41)50)32-23-25-45-40(27-32)36-17-7-10-20-43(36)49(45)34-15-5-2-6-16-34/h1-22,24-30,32H,23H2. The van der Waals surface area contributed by atoms with Gasteiger partial charge in [0.25, 0.3) is 0 Å². The fourth-order valence-corrected chi connectivity index (χ4v) is 9.75. The van der Waals surface area contributed by atoms with Gasteiger partial charge in [0.2, 0.25) is 0 Å². The maximum atomic E-state index is 2.51. The van der Waals surface area contributed by atoms with Crippen molar-refractivity contribution in [3.8, 4) is 22.5 Å². The summed E-state index contributed by atoms with van der Waals surface area (Å²) < 4.78 is 7.57. The summed E-state index contributed by atoms with van der Waals surface area (Å²) >= 11 is 1.89. The van der Waals surface area contributed by atoms with E-state index in [1.54, 1.807) is 0 Å². The summed E-state index contributed by atoms with van der Waals surface area (Å²) in [6, 6.07) is 60.2. The molecule has 0 radical (unpaired) electrons. The molecule has 51 heavy (non-hydrogen) atoms. The molecule has 0 amide bonds. The zero-order valence-corrected chi connectivity index (χ0v) is 28.6. The number of aromatic nitrogens is 2. The summed E-state index contributed by atoms with van der Waals surface area (Å²) in [5.41, 5.74) is 10.0. The molecule has 0 fully saturated rings. The minimum atomic E-state index is 0.289. The predicted molar refractivity (Wildman–Crippen MR) is 218 cm³/mol. The molecule has 11 rings (SSSR count). The number of hydrogen-bond donors (Lipinski definition) is 0.